The summed E-state index contributed by atoms with van der Waals surface area (Å²) in [6, 6.07) is 15.2. The monoisotopic (exact) mass is 503 g/mol. The molecule has 2 aliphatic rings. The molecule has 194 valence electrons. The fraction of sp³-hybridized carbons (Fsp3) is 0.367. The SMILES string of the molecule is CCOC(=O)C1=C(C)NC2=C(C(=O)C(C(=O)OCC)C(c3cccc(OC)c3)C2)C1c1ccc(C)cc1. The number of ketones is 1. The Morgan fingerprint density at radius 1 is 0.973 bits per heavy atom. The molecule has 1 heterocycles. The van der Waals surface area contributed by atoms with Crippen LogP contribution in [0, 0.1) is 12.8 Å². The molecule has 1 N–H and O–H groups in total. The zero-order valence-corrected chi connectivity index (χ0v) is 21.9. The van der Waals surface area contributed by atoms with Crippen LogP contribution in [0.4, 0.5) is 0 Å². The van der Waals surface area contributed by atoms with Crippen molar-refractivity contribution >= 4 is 17.7 Å². The van der Waals surface area contributed by atoms with E-state index in [9.17, 15) is 14.4 Å². The van der Waals surface area contributed by atoms with Gasteiger partial charge in [-0.15, -0.1) is 0 Å². The largest absolute Gasteiger partial charge is 0.497 e. The molecule has 37 heavy (non-hydrogen) atoms. The number of Topliss-reactive ketones (excluding diaryl/α,β-unsaturated/α-hetero) is 1. The lowest BCUT2D eigenvalue weighted by Crippen LogP contribution is -2.43. The molecule has 2 aromatic rings. The number of methoxy groups -OCH3 is 1. The molecule has 0 bridgehead atoms. The van der Waals surface area contributed by atoms with Crippen molar-refractivity contribution in [2.75, 3.05) is 20.3 Å². The van der Waals surface area contributed by atoms with Crippen molar-refractivity contribution in [3.8, 4) is 5.75 Å². The first-order chi connectivity index (χ1) is 17.8. The highest BCUT2D eigenvalue weighted by molar-refractivity contribution is 6.13. The number of rotatable bonds is 7. The lowest BCUT2D eigenvalue weighted by atomic mass is 9.67. The number of carbonyl (C=O) groups is 3. The number of carbonyl (C=O) groups excluding carboxylic acids is 3. The van der Waals surface area contributed by atoms with Gasteiger partial charge in [-0.3, -0.25) is 9.59 Å². The normalized spacial score (nSPS) is 21.2. The average molecular weight is 504 g/mol. The van der Waals surface area contributed by atoms with Crippen LogP contribution in [0.5, 0.6) is 5.75 Å². The van der Waals surface area contributed by atoms with E-state index in [0.29, 0.717) is 34.7 Å². The van der Waals surface area contributed by atoms with E-state index in [1.807, 2.05) is 62.4 Å². The predicted molar refractivity (Wildman–Crippen MR) is 139 cm³/mol. The molecule has 2 aromatic carbocycles. The molecule has 3 atom stereocenters. The summed E-state index contributed by atoms with van der Waals surface area (Å²) in [4.78, 5) is 40.7. The predicted octanol–water partition coefficient (Wildman–Crippen LogP) is 4.72. The Morgan fingerprint density at radius 3 is 2.32 bits per heavy atom. The van der Waals surface area contributed by atoms with Crippen molar-refractivity contribution in [1.29, 1.82) is 0 Å². The van der Waals surface area contributed by atoms with Crippen molar-refractivity contribution in [2.24, 2.45) is 5.92 Å². The summed E-state index contributed by atoms with van der Waals surface area (Å²) in [5.74, 6) is -2.93. The van der Waals surface area contributed by atoms with Gasteiger partial charge in [0.25, 0.3) is 0 Å². The maximum atomic E-state index is 14.3. The van der Waals surface area contributed by atoms with Crippen molar-refractivity contribution in [3.63, 3.8) is 0 Å². The van der Waals surface area contributed by atoms with Gasteiger partial charge in [0, 0.05) is 28.8 Å². The molecule has 0 saturated heterocycles. The van der Waals surface area contributed by atoms with E-state index in [1.54, 1.807) is 21.0 Å². The maximum Gasteiger partial charge on any atom is 0.336 e. The van der Waals surface area contributed by atoms with Gasteiger partial charge < -0.3 is 19.5 Å². The van der Waals surface area contributed by atoms with Crippen molar-refractivity contribution in [2.45, 2.75) is 46.0 Å². The van der Waals surface area contributed by atoms with E-state index in [4.69, 9.17) is 14.2 Å². The van der Waals surface area contributed by atoms with Crippen LogP contribution in [0.3, 0.4) is 0 Å². The lowest BCUT2D eigenvalue weighted by Gasteiger charge is -2.39. The number of dihydropyridines is 1. The second-order valence-corrected chi connectivity index (χ2v) is 9.30. The fourth-order valence-corrected chi connectivity index (χ4v) is 5.29. The Bertz CT molecular complexity index is 1270. The van der Waals surface area contributed by atoms with Crippen molar-refractivity contribution in [3.05, 3.63) is 87.8 Å². The van der Waals surface area contributed by atoms with Gasteiger partial charge in [-0.25, -0.2) is 4.79 Å². The molecule has 1 aliphatic carbocycles. The minimum Gasteiger partial charge on any atom is -0.497 e. The van der Waals surface area contributed by atoms with E-state index in [-0.39, 0.29) is 19.0 Å². The van der Waals surface area contributed by atoms with Crippen LogP contribution in [-0.2, 0) is 23.9 Å². The molecule has 3 unspecified atom stereocenters. The fourth-order valence-electron chi connectivity index (χ4n) is 5.29. The zero-order valence-electron chi connectivity index (χ0n) is 21.9. The summed E-state index contributed by atoms with van der Waals surface area (Å²) in [7, 11) is 1.58. The third-order valence-corrected chi connectivity index (χ3v) is 6.99. The Hall–Kier alpha value is -3.87. The molecule has 4 rings (SSSR count). The van der Waals surface area contributed by atoms with Gasteiger partial charge in [-0.1, -0.05) is 42.0 Å². The number of esters is 2. The number of hydrogen-bond donors (Lipinski definition) is 1. The van der Waals surface area contributed by atoms with E-state index in [0.717, 1.165) is 16.7 Å². The summed E-state index contributed by atoms with van der Waals surface area (Å²) >= 11 is 0. The van der Waals surface area contributed by atoms with Crippen LogP contribution in [0.25, 0.3) is 0 Å². The second-order valence-electron chi connectivity index (χ2n) is 9.30. The Labute approximate surface area is 217 Å². The van der Waals surface area contributed by atoms with Crippen LogP contribution >= 0.6 is 0 Å². The molecular formula is C30H33NO6. The molecule has 0 amide bonds. The second kappa shape index (κ2) is 11.0. The number of hydrogen-bond acceptors (Lipinski definition) is 7. The summed E-state index contributed by atoms with van der Waals surface area (Å²) in [5.41, 5.74) is 4.78. The Kier molecular flexibility index (Phi) is 7.81. The van der Waals surface area contributed by atoms with Gasteiger partial charge in [-0.05, 0) is 57.4 Å². The van der Waals surface area contributed by atoms with Crippen LogP contribution in [0.15, 0.2) is 71.1 Å². The Morgan fingerprint density at radius 2 is 1.68 bits per heavy atom. The van der Waals surface area contributed by atoms with Gasteiger partial charge in [-0.2, -0.15) is 0 Å². The molecule has 0 saturated carbocycles. The molecule has 7 heteroatoms. The molecule has 0 aromatic heterocycles. The molecule has 0 radical (unpaired) electrons. The van der Waals surface area contributed by atoms with Gasteiger partial charge >= 0.3 is 11.9 Å². The third-order valence-electron chi connectivity index (χ3n) is 6.99. The number of ether oxygens (including phenoxy) is 3. The summed E-state index contributed by atoms with van der Waals surface area (Å²) in [6.45, 7) is 7.63. The standard InChI is InChI=1S/C30H33NO6/c1-6-36-29(33)24-18(4)31-23-16-22(20-9-8-10-21(15-20)35-5)26(30(34)37-7-2)28(32)27(23)25(24)19-13-11-17(3)12-14-19/h8-15,22,25-26,31H,6-7,16H2,1-5H3. The maximum absolute atomic E-state index is 14.3. The number of nitrogens with one attached hydrogen (secondary N) is 1. The molecule has 7 nitrogen and oxygen atoms in total. The van der Waals surface area contributed by atoms with Crippen LogP contribution in [-0.4, -0.2) is 38.0 Å². The lowest BCUT2D eigenvalue weighted by molar-refractivity contribution is -0.152. The molecule has 1 aliphatic heterocycles. The summed E-state index contributed by atoms with van der Waals surface area (Å²) in [5, 5.41) is 3.32. The minimum absolute atomic E-state index is 0.159. The molecule has 0 fully saturated rings. The van der Waals surface area contributed by atoms with E-state index in [1.165, 1.54) is 0 Å². The van der Waals surface area contributed by atoms with E-state index >= 15 is 0 Å². The minimum atomic E-state index is -1.05. The Balaban J connectivity index is 1.89. The molecule has 0 spiro atoms. The first-order valence-corrected chi connectivity index (χ1v) is 12.6. The van der Waals surface area contributed by atoms with Crippen molar-refractivity contribution in [1.82, 2.24) is 5.32 Å². The van der Waals surface area contributed by atoms with Gasteiger partial charge in [0.15, 0.2) is 5.78 Å². The number of allylic oxidation sites excluding steroid dienone is 3. The first kappa shape index (κ1) is 26.2. The smallest absolute Gasteiger partial charge is 0.336 e. The topological polar surface area (TPSA) is 90.9 Å². The number of benzene rings is 2. The zero-order chi connectivity index (χ0) is 26.7. The van der Waals surface area contributed by atoms with E-state index < -0.39 is 29.7 Å². The number of aryl methyl sites for hydroxylation is 1. The highest BCUT2D eigenvalue weighted by Gasteiger charge is 2.49. The quantitative estimate of drug-likeness (QED) is 0.432. The van der Waals surface area contributed by atoms with Gasteiger partial charge in [0.1, 0.15) is 11.7 Å². The molecular weight excluding hydrogens is 470 g/mol. The summed E-state index contributed by atoms with van der Waals surface area (Å²) in [6.07, 6.45) is 0.396. The van der Waals surface area contributed by atoms with Gasteiger partial charge in [0.2, 0.25) is 0 Å². The third kappa shape index (κ3) is 5.03. The van der Waals surface area contributed by atoms with Gasteiger partial charge in [0.05, 0.1) is 25.9 Å². The highest BCUT2D eigenvalue weighted by atomic mass is 16.5. The van der Waals surface area contributed by atoms with E-state index in [2.05, 4.69) is 5.32 Å². The highest BCUT2D eigenvalue weighted by Crippen LogP contribution is 2.48. The van der Waals surface area contributed by atoms with Crippen LogP contribution in [0.2, 0.25) is 0 Å². The van der Waals surface area contributed by atoms with Crippen LogP contribution < -0.4 is 10.1 Å². The summed E-state index contributed by atoms with van der Waals surface area (Å²) < 4.78 is 16.2. The average Bonchev–Trinajstić information content (AvgIpc) is 2.88. The van der Waals surface area contributed by atoms with Crippen LogP contribution in [0.1, 0.15) is 55.7 Å². The first-order valence-electron chi connectivity index (χ1n) is 12.6. The van der Waals surface area contributed by atoms with Crippen molar-refractivity contribution < 1.29 is 28.6 Å².